The zero-order chi connectivity index (χ0) is 12.8. The molecule has 2 aromatic rings. The Morgan fingerprint density at radius 1 is 1.44 bits per heavy atom. The van der Waals surface area contributed by atoms with Gasteiger partial charge >= 0.3 is 0 Å². The van der Waals surface area contributed by atoms with Gasteiger partial charge in [0.1, 0.15) is 12.1 Å². The van der Waals surface area contributed by atoms with Gasteiger partial charge in [0, 0.05) is 17.9 Å². The number of aromatic nitrogens is 3. The molecule has 0 radical (unpaired) electrons. The third-order valence-corrected chi connectivity index (χ3v) is 3.41. The summed E-state index contributed by atoms with van der Waals surface area (Å²) in [5.41, 5.74) is 2.40. The van der Waals surface area contributed by atoms with Gasteiger partial charge in [0.2, 0.25) is 0 Å². The largest absolute Gasteiger partial charge is 0.496 e. The maximum absolute atomic E-state index is 5.37. The average molecular weight is 264 g/mol. The van der Waals surface area contributed by atoms with Crippen LogP contribution >= 0.6 is 11.8 Å². The molecule has 5 nitrogen and oxygen atoms in total. The summed E-state index contributed by atoms with van der Waals surface area (Å²) in [6.45, 7) is 0.851. The number of nitrogens with one attached hydrogen (secondary N) is 2. The molecule has 1 aromatic carbocycles. The van der Waals surface area contributed by atoms with Gasteiger partial charge in [-0.2, -0.15) is 5.10 Å². The van der Waals surface area contributed by atoms with Gasteiger partial charge in [-0.25, -0.2) is 4.98 Å². The number of H-pyrrole nitrogens is 1. The van der Waals surface area contributed by atoms with Crippen LogP contribution < -0.4 is 10.1 Å². The molecule has 18 heavy (non-hydrogen) atoms. The van der Waals surface area contributed by atoms with E-state index in [4.69, 9.17) is 4.74 Å². The fraction of sp³-hybridized carbons (Fsp3) is 0.333. The predicted octanol–water partition coefficient (Wildman–Crippen LogP) is 1.82. The maximum atomic E-state index is 5.37. The van der Waals surface area contributed by atoms with Gasteiger partial charge in [-0.15, -0.1) is 0 Å². The van der Waals surface area contributed by atoms with Gasteiger partial charge in [0.05, 0.1) is 7.11 Å². The van der Waals surface area contributed by atoms with Crippen LogP contribution in [0.2, 0.25) is 0 Å². The highest BCUT2D eigenvalue weighted by Gasteiger charge is 2.06. The Bertz CT molecular complexity index is 487. The van der Waals surface area contributed by atoms with Crippen molar-refractivity contribution in [3.05, 3.63) is 35.7 Å². The van der Waals surface area contributed by atoms with Crippen LogP contribution in [0.4, 0.5) is 0 Å². The summed E-state index contributed by atoms with van der Waals surface area (Å²) >= 11 is 1.61. The number of ether oxygens (including phenoxy) is 1. The molecule has 0 atom stereocenters. The smallest absolute Gasteiger partial charge is 0.183 e. The minimum absolute atomic E-state index is 0.802. The SMILES string of the molecule is CNCc1ccc(OC)c(CSc2ncn[nH]2)c1. The van der Waals surface area contributed by atoms with Crippen LogP contribution in [-0.2, 0) is 12.3 Å². The molecule has 0 aliphatic heterocycles. The number of hydrogen-bond acceptors (Lipinski definition) is 5. The summed E-state index contributed by atoms with van der Waals surface area (Å²) in [4.78, 5) is 4.09. The van der Waals surface area contributed by atoms with Crippen LogP contribution in [0.15, 0.2) is 29.7 Å². The van der Waals surface area contributed by atoms with E-state index in [-0.39, 0.29) is 0 Å². The van der Waals surface area contributed by atoms with E-state index in [0.717, 1.165) is 28.8 Å². The van der Waals surface area contributed by atoms with Crippen molar-refractivity contribution in [1.82, 2.24) is 20.5 Å². The second-order valence-corrected chi connectivity index (χ2v) is 4.72. The van der Waals surface area contributed by atoms with E-state index in [9.17, 15) is 0 Å². The number of methoxy groups -OCH3 is 1. The lowest BCUT2D eigenvalue weighted by Gasteiger charge is -2.10. The lowest BCUT2D eigenvalue weighted by atomic mass is 10.1. The van der Waals surface area contributed by atoms with E-state index in [1.165, 1.54) is 11.9 Å². The molecule has 1 aromatic heterocycles. The molecule has 0 amide bonds. The minimum Gasteiger partial charge on any atom is -0.496 e. The zero-order valence-electron chi connectivity index (χ0n) is 10.4. The lowest BCUT2D eigenvalue weighted by Crippen LogP contribution is -2.05. The van der Waals surface area contributed by atoms with E-state index < -0.39 is 0 Å². The van der Waals surface area contributed by atoms with Crippen molar-refractivity contribution in [3.8, 4) is 5.75 Å². The quantitative estimate of drug-likeness (QED) is 0.779. The second-order valence-electron chi connectivity index (χ2n) is 3.76. The van der Waals surface area contributed by atoms with Crippen LogP contribution in [0.3, 0.4) is 0 Å². The van der Waals surface area contributed by atoms with Crippen molar-refractivity contribution < 1.29 is 4.74 Å². The van der Waals surface area contributed by atoms with Crippen molar-refractivity contribution in [2.24, 2.45) is 0 Å². The molecule has 0 spiro atoms. The van der Waals surface area contributed by atoms with Crippen molar-refractivity contribution >= 4 is 11.8 Å². The van der Waals surface area contributed by atoms with E-state index in [1.807, 2.05) is 13.1 Å². The Hall–Kier alpha value is -1.53. The summed E-state index contributed by atoms with van der Waals surface area (Å²) in [6.07, 6.45) is 1.51. The first-order valence-corrected chi connectivity index (χ1v) is 6.60. The van der Waals surface area contributed by atoms with Crippen LogP contribution in [-0.4, -0.2) is 29.3 Å². The number of rotatable bonds is 6. The average Bonchev–Trinajstić information content (AvgIpc) is 2.90. The Balaban J connectivity index is 2.10. The van der Waals surface area contributed by atoms with Crippen LogP contribution in [0, 0.1) is 0 Å². The standard InChI is InChI=1S/C12H16N4OS/c1-13-6-9-3-4-11(17-2)10(5-9)7-18-12-14-8-15-16-12/h3-5,8,13H,6-7H2,1-2H3,(H,14,15,16). The van der Waals surface area contributed by atoms with Gasteiger partial charge in [-0.3, -0.25) is 5.10 Å². The minimum atomic E-state index is 0.802. The van der Waals surface area contributed by atoms with Crippen molar-refractivity contribution in [2.75, 3.05) is 14.2 Å². The van der Waals surface area contributed by atoms with E-state index in [1.54, 1.807) is 18.9 Å². The Kier molecular flexibility index (Phi) is 4.60. The predicted molar refractivity (Wildman–Crippen MR) is 71.7 cm³/mol. The molecule has 2 rings (SSSR count). The highest BCUT2D eigenvalue weighted by atomic mass is 32.2. The molecular formula is C12H16N4OS. The van der Waals surface area contributed by atoms with Gasteiger partial charge in [-0.05, 0) is 24.7 Å². The molecule has 96 valence electrons. The summed E-state index contributed by atoms with van der Waals surface area (Å²) in [7, 11) is 3.63. The number of nitrogens with zero attached hydrogens (tertiary/aromatic N) is 2. The number of thioether (sulfide) groups is 1. The fourth-order valence-corrected chi connectivity index (χ4v) is 2.43. The van der Waals surface area contributed by atoms with Gasteiger partial charge in [-0.1, -0.05) is 17.8 Å². The molecule has 0 fully saturated rings. The Morgan fingerprint density at radius 2 is 2.33 bits per heavy atom. The molecule has 0 aliphatic carbocycles. The summed E-state index contributed by atoms with van der Waals surface area (Å²) in [5.74, 6) is 1.71. The van der Waals surface area contributed by atoms with Crippen molar-refractivity contribution in [3.63, 3.8) is 0 Å². The molecule has 2 N–H and O–H groups in total. The number of hydrogen-bond donors (Lipinski definition) is 2. The normalized spacial score (nSPS) is 10.6. The number of aromatic amines is 1. The lowest BCUT2D eigenvalue weighted by molar-refractivity contribution is 0.411. The Morgan fingerprint density at radius 3 is 3.00 bits per heavy atom. The van der Waals surface area contributed by atoms with E-state index in [2.05, 4.69) is 32.6 Å². The molecule has 0 aliphatic rings. The monoisotopic (exact) mass is 264 g/mol. The summed E-state index contributed by atoms with van der Waals surface area (Å²) in [5, 5.41) is 10.6. The first-order chi connectivity index (χ1) is 8.83. The third kappa shape index (κ3) is 3.24. The molecule has 0 unspecified atom stereocenters. The van der Waals surface area contributed by atoms with E-state index >= 15 is 0 Å². The summed E-state index contributed by atoms with van der Waals surface area (Å²) in [6, 6.07) is 6.22. The first-order valence-electron chi connectivity index (χ1n) is 5.62. The molecule has 0 bridgehead atoms. The topological polar surface area (TPSA) is 62.8 Å². The maximum Gasteiger partial charge on any atom is 0.183 e. The van der Waals surface area contributed by atoms with Gasteiger partial charge in [0.15, 0.2) is 5.16 Å². The van der Waals surface area contributed by atoms with Crippen molar-refractivity contribution in [1.29, 1.82) is 0 Å². The fourth-order valence-electron chi connectivity index (χ4n) is 1.67. The van der Waals surface area contributed by atoms with Gasteiger partial charge in [0.25, 0.3) is 0 Å². The van der Waals surface area contributed by atoms with E-state index in [0.29, 0.717) is 0 Å². The molecular weight excluding hydrogens is 248 g/mol. The van der Waals surface area contributed by atoms with Crippen LogP contribution in [0.25, 0.3) is 0 Å². The Labute approximate surface area is 110 Å². The first kappa shape index (κ1) is 12.9. The number of benzene rings is 1. The van der Waals surface area contributed by atoms with Crippen LogP contribution in [0.5, 0.6) is 5.75 Å². The van der Waals surface area contributed by atoms with Crippen molar-refractivity contribution in [2.45, 2.75) is 17.5 Å². The molecule has 6 heteroatoms. The highest BCUT2D eigenvalue weighted by Crippen LogP contribution is 2.26. The third-order valence-electron chi connectivity index (χ3n) is 2.48. The second kappa shape index (κ2) is 6.42. The highest BCUT2D eigenvalue weighted by molar-refractivity contribution is 7.98. The zero-order valence-corrected chi connectivity index (χ0v) is 11.3. The van der Waals surface area contributed by atoms with Crippen LogP contribution in [0.1, 0.15) is 11.1 Å². The molecule has 0 saturated heterocycles. The molecule has 0 saturated carbocycles. The molecule has 1 heterocycles. The van der Waals surface area contributed by atoms with Gasteiger partial charge < -0.3 is 10.1 Å². The summed E-state index contributed by atoms with van der Waals surface area (Å²) < 4.78 is 5.37.